The molecule has 0 spiro atoms. The fourth-order valence-electron chi connectivity index (χ4n) is 2.75. The Labute approximate surface area is 118 Å². The Balaban J connectivity index is 1.63. The van der Waals surface area contributed by atoms with E-state index < -0.39 is 5.60 Å². The van der Waals surface area contributed by atoms with Crippen molar-refractivity contribution in [2.75, 3.05) is 25.1 Å². The molecule has 2 heterocycles. The number of para-hydroxylation sites is 1. The standard InChI is InChI=1S/C15H20N2O3/c18-14-13(16-9-15(19)7-8-20-10-15)6-5-11-3-1-2-4-12(11)17-14/h1-4,13,16,19H,5-10H2,(H,17,18). The minimum absolute atomic E-state index is 0.0301. The lowest BCUT2D eigenvalue weighted by Gasteiger charge is -2.24. The summed E-state index contributed by atoms with van der Waals surface area (Å²) in [5.74, 6) is -0.0301. The molecular weight excluding hydrogens is 256 g/mol. The summed E-state index contributed by atoms with van der Waals surface area (Å²) in [4.78, 5) is 12.2. The Bertz CT molecular complexity index is 498. The van der Waals surface area contributed by atoms with Crippen LogP contribution in [0.25, 0.3) is 0 Å². The number of aryl methyl sites for hydroxylation is 1. The number of aliphatic hydroxyl groups is 1. The van der Waals surface area contributed by atoms with E-state index in [1.807, 2.05) is 24.3 Å². The van der Waals surface area contributed by atoms with Crippen molar-refractivity contribution >= 4 is 11.6 Å². The van der Waals surface area contributed by atoms with E-state index in [1.165, 1.54) is 0 Å². The van der Waals surface area contributed by atoms with Gasteiger partial charge in [0, 0.05) is 25.3 Å². The van der Waals surface area contributed by atoms with Gasteiger partial charge in [-0.25, -0.2) is 0 Å². The zero-order valence-corrected chi connectivity index (χ0v) is 11.4. The van der Waals surface area contributed by atoms with E-state index in [4.69, 9.17) is 4.74 Å². The second-order valence-electron chi connectivity index (χ2n) is 5.65. The largest absolute Gasteiger partial charge is 0.386 e. The van der Waals surface area contributed by atoms with Crippen molar-refractivity contribution in [1.29, 1.82) is 0 Å². The first-order chi connectivity index (χ1) is 9.66. The third kappa shape index (κ3) is 2.85. The second kappa shape index (κ2) is 5.52. The van der Waals surface area contributed by atoms with Crippen molar-refractivity contribution < 1.29 is 14.6 Å². The molecule has 3 rings (SSSR count). The molecule has 1 fully saturated rings. The first kappa shape index (κ1) is 13.5. The van der Waals surface area contributed by atoms with Crippen LogP contribution in [-0.4, -0.2) is 42.4 Å². The summed E-state index contributed by atoms with van der Waals surface area (Å²) in [5.41, 5.74) is 1.22. The molecule has 1 aromatic rings. The van der Waals surface area contributed by atoms with Crippen molar-refractivity contribution in [3.05, 3.63) is 29.8 Å². The van der Waals surface area contributed by atoms with Crippen molar-refractivity contribution in [3.63, 3.8) is 0 Å². The van der Waals surface area contributed by atoms with Crippen LogP contribution < -0.4 is 10.6 Å². The van der Waals surface area contributed by atoms with E-state index >= 15 is 0 Å². The molecule has 2 unspecified atom stereocenters. The van der Waals surface area contributed by atoms with E-state index in [0.29, 0.717) is 26.2 Å². The average Bonchev–Trinajstić information content (AvgIpc) is 2.80. The SMILES string of the molecule is O=C1Nc2ccccc2CCC1NCC1(O)CCOC1. The minimum atomic E-state index is -0.834. The summed E-state index contributed by atoms with van der Waals surface area (Å²) >= 11 is 0. The van der Waals surface area contributed by atoms with Gasteiger partial charge in [0.25, 0.3) is 0 Å². The van der Waals surface area contributed by atoms with Gasteiger partial charge in [-0.15, -0.1) is 0 Å². The van der Waals surface area contributed by atoms with Crippen LogP contribution in [0, 0.1) is 0 Å². The summed E-state index contributed by atoms with van der Waals surface area (Å²) in [7, 11) is 0. The molecule has 2 aliphatic heterocycles. The van der Waals surface area contributed by atoms with Crippen LogP contribution in [0.3, 0.4) is 0 Å². The van der Waals surface area contributed by atoms with Gasteiger partial charge < -0.3 is 20.5 Å². The quantitative estimate of drug-likeness (QED) is 0.759. The third-order valence-electron chi connectivity index (χ3n) is 4.05. The highest BCUT2D eigenvalue weighted by atomic mass is 16.5. The fraction of sp³-hybridized carbons (Fsp3) is 0.533. The summed E-state index contributed by atoms with van der Waals surface area (Å²) in [5, 5.41) is 16.4. The topological polar surface area (TPSA) is 70.6 Å². The molecule has 3 N–H and O–H groups in total. The molecule has 1 amide bonds. The average molecular weight is 276 g/mol. The fourth-order valence-corrected chi connectivity index (χ4v) is 2.75. The Hall–Kier alpha value is -1.43. The number of ether oxygens (including phenoxy) is 1. The van der Waals surface area contributed by atoms with Gasteiger partial charge in [-0.1, -0.05) is 18.2 Å². The van der Waals surface area contributed by atoms with Gasteiger partial charge in [-0.05, 0) is 24.5 Å². The summed E-state index contributed by atoms with van der Waals surface area (Å²) in [6, 6.07) is 7.60. The maximum Gasteiger partial charge on any atom is 0.241 e. The summed E-state index contributed by atoms with van der Waals surface area (Å²) in [6.07, 6.45) is 2.20. The highest BCUT2D eigenvalue weighted by Crippen LogP contribution is 2.22. The molecule has 0 aliphatic carbocycles. The molecule has 0 saturated carbocycles. The molecule has 20 heavy (non-hydrogen) atoms. The molecule has 108 valence electrons. The van der Waals surface area contributed by atoms with Crippen LogP contribution in [-0.2, 0) is 16.0 Å². The van der Waals surface area contributed by atoms with Crippen LogP contribution in [0.5, 0.6) is 0 Å². The number of nitrogens with one attached hydrogen (secondary N) is 2. The van der Waals surface area contributed by atoms with Crippen molar-refractivity contribution in [1.82, 2.24) is 5.32 Å². The molecule has 1 aromatic carbocycles. The van der Waals surface area contributed by atoms with Gasteiger partial charge in [0.05, 0.1) is 12.6 Å². The number of rotatable bonds is 3. The smallest absolute Gasteiger partial charge is 0.241 e. The molecule has 1 saturated heterocycles. The van der Waals surface area contributed by atoms with Gasteiger partial charge >= 0.3 is 0 Å². The summed E-state index contributed by atoms with van der Waals surface area (Å²) in [6.45, 7) is 1.32. The number of benzene rings is 1. The first-order valence-corrected chi connectivity index (χ1v) is 7.09. The number of hydrogen-bond donors (Lipinski definition) is 3. The molecule has 0 radical (unpaired) electrons. The highest BCUT2D eigenvalue weighted by molar-refractivity contribution is 5.96. The predicted octanol–water partition coefficient (Wildman–Crippen LogP) is 0.681. The number of hydrogen-bond acceptors (Lipinski definition) is 4. The number of fused-ring (bicyclic) bond motifs is 1. The van der Waals surface area contributed by atoms with E-state index in [-0.39, 0.29) is 11.9 Å². The monoisotopic (exact) mass is 276 g/mol. The highest BCUT2D eigenvalue weighted by Gasteiger charge is 2.34. The van der Waals surface area contributed by atoms with Crippen LogP contribution in [0.4, 0.5) is 5.69 Å². The lowest BCUT2D eigenvalue weighted by molar-refractivity contribution is -0.118. The van der Waals surface area contributed by atoms with Crippen molar-refractivity contribution in [2.24, 2.45) is 0 Å². The summed E-state index contributed by atoms with van der Waals surface area (Å²) < 4.78 is 5.21. The van der Waals surface area contributed by atoms with Crippen molar-refractivity contribution in [3.8, 4) is 0 Å². The molecule has 5 heteroatoms. The van der Waals surface area contributed by atoms with Gasteiger partial charge in [-0.2, -0.15) is 0 Å². The Morgan fingerprint density at radius 3 is 3.10 bits per heavy atom. The zero-order valence-electron chi connectivity index (χ0n) is 11.4. The molecule has 2 atom stereocenters. The third-order valence-corrected chi connectivity index (χ3v) is 4.05. The van der Waals surface area contributed by atoms with E-state index in [0.717, 1.165) is 24.1 Å². The van der Waals surface area contributed by atoms with Gasteiger partial charge in [-0.3, -0.25) is 4.79 Å². The van der Waals surface area contributed by atoms with Gasteiger partial charge in [0.1, 0.15) is 5.60 Å². The first-order valence-electron chi connectivity index (χ1n) is 7.09. The Morgan fingerprint density at radius 1 is 1.45 bits per heavy atom. The lowest BCUT2D eigenvalue weighted by Crippen LogP contribution is -2.48. The number of amides is 1. The Kier molecular flexibility index (Phi) is 3.74. The maximum absolute atomic E-state index is 12.2. The minimum Gasteiger partial charge on any atom is -0.386 e. The van der Waals surface area contributed by atoms with E-state index in [9.17, 15) is 9.90 Å². The number of anilines is 1. The van der Waals surface area contributed by atoms with E-state index in [2.05, 4.69) is 10.6 Å². The predicted molar refractivity (Wildman–Crippen MR) is 75.6 cm³/mol. The lowest BCUT2D eigenvalue weighted by atomic mass is 10.0. The van der Waals surface area contributed by atoms with Crippen molar-refractivity contribution in [2.45, 2.75) is 30.9 Å². The van der Waals surface area contributed by atoms with E-state index in [1.54, 1.807) is 0 Å². The Morgan fingerprint density at radius 2 is 2.30 bits per heavy atom. The molecular formula is C15H20N2O3. The zero-order chi connectivity index (χ0) is 14.0. The molecule has 2 aliphatic rings. The molecule has 0 aromatic heterocycles. The number of carbonyl (C=O) groups is 1. The molecule has 5 nitrogen and oxygen atoms in total. The van der Waals surface area contributed by atoms with Gasteiger partial charge in [0.15, 0.2) is 0 Å². The normalized spacial score (nSPS) is 29.6. The van der Waals surface area contributed by atoms with Crippen LogP contribution in [0.2, 0.25) is 0 Å². The molecule has 0 bridgehead atoms. The van der Waals surface area contributed by atoms with Crippen LogP contribution in [0.15, 0.2) is 24.3 Å². The van der Waals surface area contributed by atoms with Crippen LogP contribution in [0.1, 0.15) is 18.4 Å². The van der Waals surface area contributed by atoms with Crippen LogP contribution >= 0.6 is 0 Å². The second-order valence-corrected chi connectivity index (χ2v) is 5.65. The van der Waals surface area contributed by atoms with Gasteiger partial charge in [0.2, 0.25) is 5.91 Å². The number of carbonyl (C=O) groups excluding carboxylic acids is 1. The maximum atomic E-state index is 12.2.